The largest absolute Gasteiger partial charge is 0.379 e. The number of hydrogen-bond donors (Lipinski definition) is 2. The standard InChI is InChI=1S/C16H31N5O2.HI/c1-3-6-18-15(22)12-19-16(17-4-2)21-7-5-14(13-21)20-8-10-23-11-9-20;/h14H,3-13H2,1-2H3,(H,17,19)(H,18,22);1H. The van der Waals surface area contributed by atoms with Gasteiger partial charge in [-0.3, -0.25) is 9.69 Å². The number of carbonyl (C=O) groups is 1. The number of nitrogens with one attached hydrogen (secondary N) is 2. The molecule has 1 unspecified atom stereocenters. The van der Waals surface area contributed by atoms with Crippen molar-refractivity contribution >= 4 is 35.8 Å². The molecule has 0 aliphatic carbocycles. The molecule has 2 fully saturated rings. The Morgan fingerprint density at radius 3 is 2.62 bits per heavy atom. The van der Waals surface area contributed by atoms with E-state index in [-0.39, 0.29) is 36.4 Å². The van der Waals surface area contributed by atoms with E-state index in [1.165, 1.54) is 0 Å². The molecule has 1 atom stereocenters. The van der Waals surface area contributed by atoms with Gasteiger partial charge in [-0.15, -0.1) is 24.0 Å². The van der Waals surface area contributed by atoms with Gasteiger partial charge in [-0.2, -0.15) is 0 Å². The zero-order valence-electron chi connectivity index (χ0n) is 14.9. The van der Waals surface area contributed by atoms with Crippen LogP contribution in [0.2, 0.25) is 0 Å². The minimum absolute atomic E-state index is 0. The lowest BCUT2D eigenvalue weighted by atomic mass is 10.2. The van der Waals surface area contributed by atoms with Crippen LogP contribution in [0.15, 0.2) is 4.99 Å². The number of carbonyl (C=O) groups excluding carboxylic acids is 1. The second-order valence-electron chi connectivity index (χ2n) is 6.06. The Bertz CT molecular complexity index is 402. The first kappa shape index (κ1) is 21.4. The number of guanidine groups is 1. The lowest BCUT2D eigenvalue weighted by Gasteiger charge is -2.32. The normalized spacial score (nSPS) is 22.2. The fraction of sp³-hybridized carbons (Fsp3) is 0.875. The number of amides is 1. The summed E-state index contributed by atoms with van der Waals surface area (Å²) >= 11 is 0. The first-order valence-corrected chi connectivity index (χ1v) is 8.86. The molecule has 7 nitrogen and oxygen atoms in total. The average molecular weight is 453 g/mol. The Labute approximate surface area is 162 Å². The van der Waals surface area contributed by atoms with E-state index in [1.807, 2.05) is 6.92 Å². The molecule has 2 aliphatic heterocycles. The molecule has 0 bridgehead atoms. The maximum Gasteiger partial charge on any atom is 0.241 e. The second-order valence-corrected chi connectivity index (χ2v) is 6.06. The molecular weight excluding hydrogens is 421 g/mol. The molecule has 0 saturated carbocycles. The van der Waals surface area contributed by atoms with Gasteiger partial charge in [-0.05, 0) is 19.8 Å². The van der Waals surface area contributed by atoms with Crippen molar-refractivity contribution in [3.8, 4) is 0 Å². The van der Waals surface area contributed by atoms with Gasteiger partial charge in [0.25, 0.3) is 0 Å². The van der Waals surface area contributed by atoms with Crippen LogP contribution in [0.4, 0.5) is 0 Å². The van der Waals surface area contributed by atoms with Crippen LogP contribution >= 0.6 is 24.0 Å². The van der Waals surface area contributed by atoms with Crippen LogP contribution in [-0.4, -0.2) is 86.7 Å². The van der Waals surface area contributed by atoms with Crippen molar-refractivity contribution in [1.82, 2.24) is 20.4 Å². The SMILES string of the molecule is CCCNC(=O)CN=C(NCC)N1CCC(N2CCOCC2)C1.I. The molecule has 0 spiro atoms. The molecule has 2 saturated heterocycles. The number of morpholine rings is 1. The van der Waals surface area contributed by atoms with Crippen molar-refractivity contribution in [2.45, 2.75) is 32.7 Å². The molecule has 1 amide bonds. The van der Waals surface area contributed by atoms with Crippen molar-refractivity contribution < 1.29 is 9.53 Å². The van der Waals surface area contributed by atoms with Crippen molar-refractivity contribution in [2.75, 3.05) is 59.0 Å². The first-order valence-electron chi connectivity index (χ1n) is 8.86. The fourth-order valence-corrected chi connectivity index (χ4v) is 3.07. The van der Waals surface area contributed by atoms with Crippen LogP contribution in [0.3, 0.4) is 0 Å². The van der Waals surface area contributed by atoms with Gasteiger partial charge in [0.05, 0.1) is 13.2 Å². The fourth-order valence-electron chi connectivity index (χ4n) is 3.07. The predicted molar refractivity (Wildman–Crippen MR) is 107 cm³/mol. The third-order valence-corrected chi connectivity index (χ3v) is 4.30. The minimum Gasteiger partial charge on any atom is -0.379 e. The van der Waals surface area contributed by atoms with E-state index < -0.39 is 0 Å². The lowest BCUT2D eigenvalue weighted by molar-refractivity contribution is -0.119. The Morgan fingerprint density at radius 2 is 1.96 bits per heavy atom. The summed E-state index contributed by atoms with van der Waals surface area (Å²) in [4.78, 5) is 21.0. The molecule has 0 aromatic rings. The quantitative estimate of drug-likeness (QED) is 0.349. The van der Waals surface area contributed by atoms with Crippen LogP contribution in [0.5, 0.6) is 0 Å². The molecule has 2 aliphatic rings. The maximum absolute atomic E-state index is 11.8. The van der Waals surface area contributed by atoms with Gasteiger partial charge in [0.15, 0.2) is 5.96 Å². The van der Waals surface area contributed by atoms with Crippen LogP contribution in [0, 0.1) is 0 Å². The number of rotatable bonds is 6. The van der Waals surface area contributed by atoms with E-state index in [9.17, 15) is 4.79 Å². The number of ether oxygens (including phenoxy) is 1. The number of likely N-dealkylation sites (tertiary alicyclic amines) is 1. The topological polar surface area (TPSA) is 69.2 Å². The van der Waals surface area contributed by atoms with Gasteiger partial charge in [0.1, 0.15) is 6.54 Å². The maximum atomic E-state index is 11.8. The van der Waals surface area contributed by atoms with Gasteiger partial charge in [-0.1, -0.05) is 6.92 Å². The highest BCUT2D eigenvalue weighted by Crippen LogP contribution is 2.17. The highest BCUT2D eigenvalue weighted by Gasteiger charge is 2.30. The van der Waals surface area contributed by atoms with Crippen molar-refractivity contribution in [3.63, 3.8) is 0 Å². The molecule has 2 heterocycles. The van der Waals surface area contributed by atoms with E-state index in [4.69, 9.17) is 4.74 Å². The molecule has 0 aromatic heterocycles. The summed E-state index contributed by atoms with van der Waals surface area (Å²) in [7, 11) is 0. The van der Waals surface area contributed by atoms with Crippen LogP contribution < -0.4 is 10.6 Å². The minimum atomic E-state index is -0.00817. The second kappa shape index (κ2) is 11.9. The summed E-state index contributed by atoms with van der Waals surface area (Å²) < 4.78 is 5.43. The summed E-state index contributed by atoms with van der Waals surface area (Å²) in [5.41, 5.74) is 0. The third kappa shape index (κ3) is 6.72. The first-order chi connectivity index (χ1) is 11.2. The summed E-state index contributed by atoms with van der Waals surface area (Å²) in [5, 5.41) is 6.18. The summed E-state index contributed by atoms with van der Waals surface area (Å²) in [6, 6.07) is 0.566. The van der Waals surface area contributed by atoms with Crippen LogP contribution in [0.25, 0.3) is 0 Å². The molecule has 2 rings (SSSR count). The zero-order chi connectivity index (χ0) is 16.5. The van der Waals surface area contributed by atoms with Gasteiger partial charge < -0.3 is 20.3 Å². The number of nitrogens with zero attached hydrogens (tertiary/aromatic N) is 3. The van der Waals surface area contributed by atoms with E-state index in [1.54, 1.807) is 0 Å². The van der Waals surface area contributed by atoms with E-state index in [0.29, 0.717) is 12.6 Å². The number of aliphatic imine (C=N–C) groups is 1. The molecule has 0 aromatic carbocycles. The van der Waals surface area contributed by atoms with E-state index in [2.05, 4.69) is 32.3 Å². The third-order valence-electron chi connectivity index (χ3n) is 4.30. The van der Waals surface area contributed by atoms with Crippen molar-refractivity contribution in [3.05, 3.63) is 0 Å². The predicted octanol–water partition coefficient (Wildman–Crippen LogP) is 0.503. The smallest absolute Gasteiger partial charge is 0.241 e. The monoisotopic (exact) mass is 453 g/mol. The number of hydrogen-bond acceptors (Lipinski definition) is 4. The van der Waals surface area contributed by atoms with Gasteiger partial charge in [0, 0.05) is 45.3 Å². The van der Waals surface area contributed by atoms with Crippen molar-refractivity contribution in [2.24, 2.45) is 4.99 Å². The van der Waals surface area contributed by atoms with Gasteiger partial charge in [-0.25, -0.2) is 4.99 Å². The van der Waals surface area contributed by atoms with Gasteiger partial charge in [0.2, 0.25) is 5.91 Å². The summed E-state index contributed by atoms with van der Waals surface area (Å²) in [6.07, 6.45) is 2.09. The van der Waals surface area contributed by atoms with E-state index in [0.717, 1.165) is 64.7 Å². The summed E-state index contributed by atoms with van der Waals surface area (Å²) in [6.45, 7) is 11.5. The van der Waals surface area contributed by atoms with Gasteiger partial charge >= 0.3 is 0 Å². The molecule has 24 heavy (non-hydrogen) atoms. The van der Waals surface area contributed by atoms with Crippen LogP contribution in [0.1, 0.15) is 26.7 Å². The Morgan fingerprint density at radius 1 is 1.21 bits per heavy atom. The molecular formula is C16H32IN5O2. The Kier molecular flexibility index (Phi) is 10.6. The van der Waals surface area contributed by atoms with Crippen molar-refractivity contribution in [1.29, 1.82) is 0 Å². The molecule has 2 N–H and O–H groups in total. The summed E-state index contributed by atoms with van der Waals surface area (Å²) in [5.74, 6) is 0.848. The Balaban J connectivity index is 0.00000288. The molecule has 0 radical (unpaired) electrons. The van der Waals surface area contributed by atoms with Crippen LogP contribution in [-0.2, 0) is 9.53 Å². The lowest BCUT2D eigenvalue weighted by Crippen LogP contribution is -2.47. The molecule has 140 valence electrons. The Hall–Kier alpha value is -0.610. The number of halogens is 1. The zero-order valence-corrected chi connectivity index (χ0v) is 17.3. The highest BCUT2D eigenvalue weighted by molar-refractivity contribution is 14.0. The highest BCUT2D eigenvalue weighted by atomic mass is 127. The molecule has 8 heteroatoms. The van der Waals surface area contributed by atoms with E-state index >= 15 is 0 Å². The average Bonchev–Trinajstić information content (AvgIpc) is 3.07.